The average molecular weight is 523 g/mol. The number of anilines is 2. The summed E-state index contributed by atoms with van der Waals surface area (Å²) in [6.45, 7) is 3.14. The molecule has 0 aliphatic heterocycles. The lowest BCUT2D eigenvalue weighted by atomic mass is 9.95. The minimum Gasteiger partial charge on any atom is -0.459 e. The minimum absolute atomic E-state index is 0.0685. The van der Waals surface area contributed by atoms with Crippen LogP contribution in [0.25, 0.3) is 6.08 Å². The zero-order valence-corrected chi connectivity index (χ0v) is 22.5. The molecule has 0 amide bonds. The van der Waals surface area contributed by atoms with Crippen molar-refractivity contribution >= 4 is 29.4 Å². The van der Waals surface area contributed by atoms with Crippen LogP contribution < -0.4 is 11.5 Å². The Morgan fingerprint density at radius 1 is 0.868 bits per heavy atom. The largest absolute Gasteiger partial charge is 0.459 e. The second-order valence-corrected chi connectivity index (χ2v) is 10.0. The van der Waals surface area contributed by atoms with Crippen molar-refractivity contribution in [1.29, 1.82) is 0 Å². The number of esters is 2. The van der Waals surface area contributed by atoms with Crippen LogP contribution in [0.3, 0.4) is 0 Å². The molecule has 0 saturated heterocycles. The van der Waals surface area contributed by atoms with E-state index in [-0.39, 0.29) is 24.8 Å². The lowest BCUT2D eigenvalue weighted by molar-refractivity contribution is -0.138. The van der Waals surface area contributed by atoms with Crippen molar-refractivity contribution in [3.05, 3.63) is 65.2 Å². The predicted molar refractivity (Wildman–Crippen MR) is 151 cm³/mol. The number of nitrogens with two attached hydrogens (primary N) is 2. The maximum atomic E-state index is 12.6. The number of hydrogen-bond acceptors (Lipinski definition) is 7. The highest BCUT2D eigenvalue weighted by Gasteiger charge is 2.24. The van der Waals surface area contributed by atoms with Crippen LogP contribution in [0.15, 0.2) is 48.5 Å². The van der Waals surface area contributed by atoms with E-state index in [0.717, 1.165) is 49.8 Å². The molecule has 206 valence electrons. The van der Waals surface area contributed by atoms with Gasteiger partial charge in [-0.25, -0.2) is 9.59 Å². The number of nitrogen functional groups attached to an aromatic ring is 2. The smallest absolute Gasteiger partial charge is 0.338 e. The molecule has 0 spiro atoms. The summed E-state index contributed by atoms with van der Waals surface area (Å²) in [5.41, 5.74) is 14.5. The van der Waals surface area contributed by atoms with Crippen LogP contribution in [0.2, 0.25) is 0 Å². The van der Waals surface area contributed by atoms with Crippen molar-refractivity contribution in [2.45, 2.75) is 89.9 Å². The molecule has 2 aromatic carbocycles. The van der Waals surface area contributed by atoms with E-state index >= 15 is 0 Å². The molecule has 1 saturated carbocycles. The quantitative estimate of drug-likeness (QED) is 0.127. The van der Waals surface area contributed by atoms with Gasteiger partial charge in [0.2, 0.25) is 0 Å². The van der Waals surface area contributed by atoms with Crippen molar-refractivity contribution in [2.75, 3.05) is 18.1 Å². The lowest BCUT2D eigenvalue weighted by Gasteiger charge is -2.28. The molecule has 0 aromatic heterocycles. The summed E-state index contributed by atoms with van der Waals surface area (Å²) in [7, 11) is 0. The van der Waals surface area contributed by atoms with E-state index in [4.69, 9.17) is 25.7 Å². The summed E-state index contributed by atoms with van der Waals surface area (Å²) >= 11 is 0. The van der Waals surface area contributed by atoms with Crippen LogP contribution in [0, 0.1) is 0 Å². The van der Waals surface area contributed by atoms with Crippen LogP contribution in [-0.4, -0.2) is 30.8 Å². The number of hydrogen-bond donors (Lipinski definition) is 2. The van der Waals surface area contributed by atoms with E-state index in [1.807, 2.05) is 0 Å². The molecule has 1 aliphatic rings. The van der Waals surface area contributed by atoms with E-state index in [9.17, 15) is 9.59 Å². The first kappa shape index (κ1) is 29.2. The Balaban J connectivity index is 1.34. The Bertz CT molecular complexity index is 1020. The van der Waals surface area contributed by atoms with Crippen LogP contribution in [0.5, 0.6) is 0 Å². The lowest BCUT2D eigenvalue weighted by Crippen LogP contribution is -2.28. The van der Waals surface area contributed by atoms with Gasteiger partial charge in [-0.3, -0.25) is 0 Å². The van der Waals surface area contributed by atoms with E-state index in [1.165, 1.54) is 38.2 Å². The van der Waals surface area contributed by atoms with Crippen molar-refractivity contribution in [2.24, 2.45) is 0 Å². The van der Waals surface area contributed by atoms with Gasteiger partial charge in [0.05, 0.1) is 11.7 Å². The average Bonchev–Trinajstić information content (AvgIpc) is 2.91. The van der Waals surface area contributed by atoms with E-state index in [2.05, 4.69) is 6.92 Å². The van der Waals surface area contributed by atoms with Crippen LogP contribution in [-0.2, 0) is 25.6 Å². The van der Waals surface area contributed by atoms with Gasteiger partial charge >= 0.3 is 11.9 Å². The van der Waals surface area contributed by atoms with E-state index < -0.39 is 5.97 Å². The Morgan fingerprint density at radius 3 is 2.18 bits per heavy atom. The predicted octanol–water partition coefficient (Wildman–Crippen LogP) is 6.45. The molecular weight excluding hydrogens is 480 g/mol. The van der Waals surface area contributed by atoms with Gasteiger partial charge < -0.3 is 25.7 Å². The molecule has 7 heteroatoms. The molecule has 2 aromatic rings. The first-order chi connectivity index (χ1) is 18.4. The fourth-order valence-electron chi connectivity index (χ4n) is 4.59. The fourth-order valence-corrected chi connectivity index (χ4v) is 4.59. The van der Waals surface area contributed by atoms with Crippen molar-refractivity contribution in [3.8, 4) is 0 Å². The topological polar surface area (TPSA) is 114 Å². The number of ether oxygens (including phenoxy) is 3. The Hall–Kier alpha value is -3.32. The highest BCUT2D eigenvalue weighted by Crippen LogP contribution is 2.25. The first-order valence-corrected chi connectivity index (χ1v) is 13.9. The number of carbonyl (C=O) groups is 2. The Labute approximate surface area is 226 Å². The van der Waals surface area contributed by atoms with Crippen LogP contribution in [0.1, 0.15) is 92.6 Å². The maximum absolute atomic E-state index is 12.6. The molecule has 0 atom stereocenters. The van der Waals surface area contributed by atoms with Crippen LogP contribution in [0.4, 0.5) is 11.4 Å². The molecule has 0 heterocycles. The number of carbonyl (C=O) groups excluding carboxylic acids is 2. The highest BCUT2D eigenvalue weighted by atomic mass is 16.5. The molecule has 38 heavy (non-hydrogen) atoms. The molecule has 0 bridgehead atoms. The molecule has 0 radical (unpaired) electrons. The summed E-state index contributed by atoms with van der Waals surface area (Å²) < 4.78 is 17.0. The number of unbranched alkanes of at least 4 members (excludes halogenated alkanes) is 5. The van der Waals surface area contributed by atoms with Gasteiger partial charge in [-0.2, -0.15) is 0 Å². The fraction of sp³-hybridized carbons (Fsp3) is 0.484. The summed E-state index contributed by atoms with van der Waals surface area (Å²) in [5, 5.41) is 0. The third-order valence-corrected chi connectivity index (χ3v) is 6.72. The Morgan fingerprint density at radius 2 is 1.50 bits per heavy atom. The summed E-state index contributed by atoms with van der Waals surface area (Å²) in [6.07, 6.45) is 14.3. The molecule has 1 aliphatic carbocycles. The molecule has 3 rings (SSSR count). The summed E-state index contributed by atoms with van der Waals surface area (Å²) in [4.78, 5) is 24.6. The number of rotatable bonds is 14. The third kappa shape index (κ3) is 10.6. The van der Waals surface area contributed by atoms with Gasteiger partial charge in [0.1, 0.15) is 12.7 Å². The minimum atomic E-state index is -0.485. The van der Waals surface area contributed by atoms with Gasteiger partial charge in [-0.15, -0.1) is 0 Å². The highest BCUT2D eigenvalue weighted by molar-refractivity contribution is 5.90. The zero-order chi connectivity index (χ0) is 27.2. The molecule has 4 N–H and O–H groups in total. The zero-order valence-electron chi connectivity index (χ0n) is 22.5. The normalized spacial score (nSPS) is 17.4. The Kier molecular flexibility index (Phi) is 12.2. The molecule has 0 unspecified atom stereocenters. The van der Waals surface area contributed by atoms with Gasteiger partial charge in [0.25, 0.3) is 0 Å². The van der Waals surface area contributed by atoms with Crippen molar-refractivity contribution in [1.82, 2.24) is 0 Å². The van der Waals surface area contributed by atoms with Gasteiger partial charge in [0.15, 0.2) is 0 Å². The van der Waals surface area contributed by atoms with Crippen LogP contribution >= 0.6 is 0 Å². The second kappa shape index (κ2) is 15.8. The summed E-state index contributed by atoms with van der Waals surface area (Å²) in [6, 6.07) is 12.0. The van der Waals surface area contributed by atoms with Gasteiger partial charge in [0, 0.05) is 24.1 Å². The van der Waals surface area contributed by atoms with E-state index in [0.29, 0.717) is 16.9 Å². The molecule has 7 nitrogen and oxygen atoms in total. The standard InChI is InChI=1S/C31H42N2O5/c1-2-3-4-5-6-7-18-36-28-13-15-29(16-14-28)38-31(35)25-11-8-23(9-12-25)10-17-30(34)37-22-24-19-26(32)21-27(33)20-24/h8-12,17,19-21,28-29H,2-7,13-16,18,22,32-33H2,1H3. The first-order valence-electron chi connectivity index (χ1n) is 13.9. The second-order valence-electron chi connectivity index (χ2n) is 10.0. The third-order valence-electron chi connectivity index (χ3n) is 6.72. The monoisotopic (exact) mass is 522 g/mol. The van der Waals surface area contributed by atoms with Gasteiger partial charge in [-0.1, -0.05) is 51.2 Å². The SMILES string of the molecule is CCCCCCCCOC1CCC(OC(=O)c2ccc(C=CC(=O)OCc3cc(N)cc(N)c3)cc2)CC1. The maximum Gasteiger partial charge on any atom is 0.338 e. The van der Waals surface area contributed by atoms with Gasteiger partial charge in [-0.05, 0) is 79.6 Å². The van der Waals surface area contributed by atoms with E-state index in [1.54, 1.807) is 48.5 Å². The summed E-state index contributed by atoms with van der Waals surface area (Å²) in [5.74, 6) is -0.807. The molecule has 1 fully saturated rings. The molecular formula is C31H42N2O5. The number of benzene rings is 2. The van der Waals surface area contributed by atoms with Crippen molar-refractivity contribution < 1.29 is 23.8 Å². The van der Waals surface area contributed by atoms with Crippen molar-refractivity contribution in [3.63, 3.8) is 0 Å².